The van der Waals surface area contributed by atoms with Gasteiger partial charge in [0.2, 0.25) is 0 Å². The third-order valence-corrected chi connectivity index (χ3v) is 3.96. The van der Waals surface area contributed by atoms with Crippen LogP contribution in [-0.4, -0.2) is 13.1 Å². The quantitative estimate of drug-likeness (QED) is 0.797. The fourth-order valence-corrected chi connectivity index (χ4v) is 2.78. The summed E-state index contributed by atoms with van der Waals surface area (Å²) in [6.07, 6.45) is 1.61. The summed E-state index contributed by atoms with van der Waals surface area (Å²) in [7, 11) is 0. The van der Waals surface area contributed by atoms with Gasteiger partial charge in [0.25, 0.3) is 0 Å². The van der Waals surface area contributed by atoms with E-state index in [0.717, 1.165) is 25.2 Å². The zero-order chi connectivity index (χ0) is 13.2. The van der Waals surface area contributed by atoms with Gasteiger partial charge in [0.1, 0.15) is 5.82 Å². The van der Waals surface area contributed by atoms with Gasteiger partial charge in [0, 0.05) is 25.2 Å². The first-order chi connectivity index (χ1) is 8.53. The van der Waals surface area contributed by atoms with Gasteiger partial charge in [0.15, 0.2) is 0 Å². The average Bonchev–Trinajstić information content (AvgIpc) is 2.31. The number of halogens is 1. The second kappa shape index (κ2) is 4.97. The molecule has 1 aromatic carbocycles. The van der Waals surface area contributed by atoms with E-state index in [1.54, 1.807) is 12.1 Å². The van der Waals surface area contributed by atoms with E-state index in [1.807, 2.05) is 6.07 Å². The van der Waals surface area contributed by atoms with Crippen LogP contribution in [0.2, 0.25) is 0 Å². The Bertz CT molecular complexity index is 462. The maximum Gasteiger partial charge on any atom is 0.125 e. The van der Waals surface area contributed by atoms with Gasteiger partial charge in [-0.05, 0) is 36.0 Å². The third kappa shape index (κ3) is 2.64. The van der Waals surface area contributed by atoms with Gasteiger partial charge < -0.3 is 4.90 Å². The number of piperidine rings is 1. The van der Waals surface area contributed by atoms with E-state index in [0.29, 0.717) is 12.3 Å². The summed E-state index contributed by atoms with van der Waals surface area (Å²) in [5.41, 5.74) is 1.04. The van der Waals surface area contributed by atoms with Gasteiger partial charge in [-0.25, -0.2) is 4.39 Å². The van der Waals surface area contributed by atoms with Crippen molar-refractivity contribution in [3.05, 3.63) is 30.1 Å². The Hall–Kier alpha value is -1.56. The lowest BCUT2D eigenvalue weighted by molar-refractivity contribution is 0.179. The summed E-state index contributed by atoms with van der Waals surface area (Å²) in [5.74, 6) is 0.247. The minimum Gasteiger partial charge on any atom is -0.371 e. The van der Waals surface area contributed by atoms with E-state index in [-0.39, 0.29) is 11.2 Å². The standard InChI is InChI=1S/C15H19FN2/c1-15(2)11-18(9-7-12(15)6-8-17)14-5-3-4-13(16)10-14/h3-5,10,12H,6-7,9,11H2,1-2H3. The molecule has 0 bridgehead atoms. The Morgan fingerprint density at radius 1 is 1.50 bits per heavy atom. The van der Waals surface area contributed by atoms with Gasteiger partial charge in [-0.3, -0.25) is 0 Å². The molecule has 2 nitrogen and oxygen atoms in total. The maximum absolute atomic E-state index is 13.2. The molecule has 0 amide bonds. The van der Waals surface area contributed by atoms with Crippen molar-refractivity contribution in [1.82, 2.24) is 0 Å². The first-order valence-corrected chi connectivity index (χ1v) is 6.40. The van der Waals surface area contributed by atoms with Crippen LogP contribution in [0.25, 0.3) is 0 Å². The molecule has 0 saturated carbocycles. The number of benzene rings is 1. The molecule has 1 heterocycles. The summed E-state index contributed by atoms with van der Waals surface area (Å²) in [5, 5.41) is 8.86. The molecule has 1 aliphatic heterocycles. The van der Waals surface area contributed by atoms with Crippen LogP contribution in [0.15, 0.2) is 24.3 Å². The highest BCUT2D eigenvalue weighted by Crippen LogP contribution is 2.38. The highest BCUT2D eigenvalue weighted by molar-refractivity contribution is 5.47. The van der Waals surface area contributed by atoms with Crippen molar-refractivity contribution in [3.8, 4) is 6.07 Å². The molecule has 0 radical (unpaired) electrons. The summed E-state index contributed by atoms with van der Waals surface area (Å²) < 4.78 is 13.2. The SMILES string of the molecule is CC1(C)CN(c2cccc(F)c2)CCC1CC#N. The minimum atomic E-state index is -0.190. The summed E-state index contributed by atoms with van der Waals surface area (Å²) in [4.78, 5) is 2.22. The van der Waals surface area contributed by atoms with Gasteiger partial charge in [0.05, 0.1) is 6.07 Å². The molecule has 1 aliphatic rings. The lowest BCUT2D eigenvalue weighted by Crippen LogP contribution is -2.45. The Kier molecular flexibility index (Phi) is 3.56. The highest BCUT2D eigenvalue weighted by Gasteiger charge is 2.35. The summed E-state index contributed by atoms with van der Waals surface area (Å²) in [6, 6.07) is 9.03. The number of anilines is 1. The lowest BCUT2D eigenvalue weighted by Gasteiger charge is -2.44. The Morgan fingerprint density at radius 2 is 2.28 bits per heavy atom. The number of nitriles is 1. The highest BCUT2D eigenvalue weighted by atomic mass is 19.1. The first-order valence-electron chi connectivity index (χ1n) is 6.40. The maximum atomic E-state index is 13.2. The van der Waals surface area contributed by atoms with Gasteiger partial charge in [-0.2, -0.15) is 5.26 Å². The Morgan fingerprint density at radius 3 is 2.89 bits per heavy atom. The molecule has 96 valence electrons. The first kappa shape index (κ1) is 12.9. The van der Waals surface area contributed by atoms with Crippen molar-refractivity contribution < 1.29 is 4.39 Å². The van der Waals surface area contributed by atoms with Crippen LogP contribution >= 0.6 is 0 Å². The molecule has 0 N–H and O–H groups in total. The zero-order valence-corrected chi connectivity index (χ0v) is 11.0. The van der Waals surface area contributed by atoms with Crippen LogP contribution < -0.4 is 4.90 Å². The third-order valence-electron chi connectivity index (χ3n) is 3.96. The molecule has 18 heavy (non-hydrogen) atoms. The molecule has 1 aromatic rings. The second-order valence-corrected chi connectivity index (χ2v) is 5.74. The van der Waals surface area contributed by atoms with Crippen molar-refractivity contribution in [2.24, 2.45) is 11.3 Å². The molecule has 3 heteroatoms. The molecule has 1 saturated heterocycles. The molecule has 0 spiro atoms. The largest absolute Gasteiger partial charge is 0.371 e. The number of rotatable bonds is 2. The van der Waals surface area contributed by atoms with Gasteiger partial charge in [-0.15, -0.1) is 0 Å². The number of hydrogen-bond donors (Lipinski definition) is 0. The van der Waals surface area contributed by atoms with E-state index in [1.165, 1.54) is 6.07 Å². The Labute approximate surface area is 108 Å². The van der Waals surface area contributed by atoms with Crippen LogP contribution in [0.3, 0.4) is 0 Å². The van der Waals surface area contributed by atoms with Crippen molar-refractivity contribution in [2.75, 3.05) is 18.0 Å². The summed E-state index contributed by atoms with van der Waals surface area (Å²) in [6.45, 7) is 6.17. The van der Waals surface area contributed by atoms with Crippen LogP contribution in [-0.2, 0) is 0 Å². The molecule has 1 fully saturated rings. The molecule has 2 rings (SSSR count). The fraction of sp³-hybridized carbons (Fsp3) is 0.533. The number of nitrogens with zero attached hydrogens (tertiary/aromatic N) is 2. The topological polar surface area (TPSA) is 27.0 Å². The molecular formula is C15H19FN2. The summed E-state index contributed by atoms with van der Waals surface area (Å²) >= 11 is 0. The average molecular weight is 246 g/mol. The van der Waals surface area contributed by atoms with Gasteiger partial charge >= 0.3 is 0 Å². The van der Waals surface area contributed by atoms with E-state index < -0.39 is 0 Å². The molecule has 1 atom stereocenters. The molecular weight excluding hydrogens is 227 g/mol. The van der Waals surface area contributed by atoms with Crippen LogP contribution in [0, 0.1) is 28.5 Å². The van der Waals surface area contributed by atoms with E-state index in [9.17, 15) is 4.39 Å². The van der Waals surface area contributed by atoms with Crippen molar-refractivity contribution in [2.45, 2.75) is 26.7 Å². The van der Waals surface area contributed by atoms with E-state index in [4.69, 9.17) is 5.26 Å². The fourth-order valence-electron chi connectivity index (χ4n) is 2.78. The second-order valence-electron chi connectivity index (χ2n) is 5.74. The minimum absolute atomic E-state index is 0.0975. The van der Waals surface area contributed by atoms with Crippen LogP contribution in [0.5, 0.6) is 0 Å². The van der Waals surface area contributed by atoms with E-state index >= 15 is 0 Å². The normalized spacial score (nSPS) is 22.6. The van der Waals surface area contributed by atoms with Crippen molar-refractivity contribution in [1.29, 1.82) is 5.26 Å². The molecule has 0 aromatic heterocycles. The number of hydrogen-bond acceptors (Lipinski definition) is 2. The monoisotopic (exact) mass is 246 g/mol. The van der Waals surface area contributed by atoms with Crippen LogP contribution in [0.1, 0.15) is 26.7 Å². The van der Waals surface area contributed by atoms with Crippen molar-refractivity contribution >= 4 is 5.69 Å². The van der Waals surface area contributed by atoms with E-state index in [2.05, 4.69) is 24.8 Å². The lowest BCUT2D eigenvalue weighted by atomic mass is 9.72. The Balaban J connectivity index is 2.14. The predicted molar refractivity (Wildman–Crippen MR) is 70.7 cm³/mol. The predicted octanol–water partition coefficient (Wildman–Crippen LogP) is 3.59. The zero-order valence-electron chi connectivity index (χ0n) is 11.0. The molecule has 0 aliphatic carbocycles. The molecule has 1 unspecified atom stereocenters. The van der Waals surface area contributed by atoms with Crippen molar-refractivity contribution in [3.63, 3.8) is 0 Å². The smallest absolute Gasteiger partial charge is 0.125 e. The van der Waals surface area contributed by atoms with Crippen LogP contribution in [0.4, 0.5) is 10.1 Å². The van der Waals surface area contributed by atoms with Gasteiger partial charge in [-0.1, -0.05) is 19.9 Å².